The quantitative estimate of drug-likeness (QED) is 0.424. The molecular formula is C5H4F3NO. The van der Waals surface area contributed by atoms with Crippen LogP contribution in [-0.4, -0.2) is 11.3 Å². The Morgan fingerprint density at radius 2 is 1.90 bits per heavy atom. The van der Waals surface area contributed by atoms with E-state index >= 15 is 0 Å². The number of halogens is 3. The topological polar surface area (TPSA) is 44.0 Å². The van der Waals surface area contributed by atoms with Gasteiger partial charge in [-0.1, -0.05) is 0 Å². The molecule has 0 aromatic heterocycles. The summed E-state index contributed by atoms with van der Waals surface area (Å²) in [5.74, 6) is -1.82. The number of allylic oxidation sites excluding steroid dienone is 2. The number of rotatable bonds is 0. The maximum absolute atomic E-state index is 11.4. The number of nitrogens with zero attached hydrogens (tertiary/aromatic N) is 1. The molecule has 0 unspecified atom stereocenters. The highest BCUT2D eigenvalue weighted by molar-refractivity contribution is 5.23. The molecule has 0 atom stereocenters. The molecule has 0 heterocycles. The highest BCUT2D eigenvalue weighted by Crippen LogP contribution is 2.25. The fourth-order valence-electron chi connectivity index (χ4n) is 0.266. The van der Waals surface area contributed by atoms with E-state index in [1.54, 1.807) is 0 Å². The van der Waals surface area contributed by atoms with Crippen LogP contribution in [0.4, 0.5) is 13.2 Å². The monoisotopic (exact) mass is 151 g/mol. The van der Waals surface area contributed by atoms with Gasteiger partial charge >= 0.3 is 6.18 Å². The van der Waals surface area contributed by atoms with Crippen molar-refractivity contribution in [3.8, 4) is 6.07 Å². The Morgan fingerprint density at radius 3 is 2.00 bits per heavy atom. The van der Waals surface area contributed by atoms with Gasteiger partial charge in [0.05, 0.1) is 11.6 Å². The Balaban J connectivity index is 4.69. The molecule has 56 valence electrons. The van der Waals surface area contributed by atoms with Crippen LogP contribution in [0, 0.1) is 11.3 Å². The van der Waals surface area contributed by atoms with Crippen molar-refractivity contribution in [3.63, 3.8) is 0 Å². The Labute approximate surface area is 55.2 Å². The van der Waals surface area contributed by atoms with E-state index in [2.05, 4.69) is 0 Å². The van der Waals surface area contributed by atoms with E-state index in [1.165, 1.54) is 6.07 Å². The summed E-state index contributed by atoms with van der Waals surface area (Å²) in [5, 5.41) is 16.1. The number of hydrogen-bond donors (Lipinski definition) is 1. The molecule has 5 heteroatoms. The molecule has 0 aliphatic rings. The average Bonchev–Trinajstić information content (AvgIpc) is 1.83. The van der Waals surface area contributed by atoms with Gasteiger partial charge in [0.15, 0.2) is 0 Å². The number of aliphatic hydroxyl groups excluding tert-OH is 1. The van der Waals surface area contributed by atoms with Gasteiger partial charge in [0.25, 0.3) is 0 Å². The smallest absolute Gasteiger partial charge is 0.449 e. The summed E-state index contributed by atoms with van der Waals surface area (Å²) in [6, 6.07) is 1.18. The van der Waals surface area contributed by atoms with Crippen molar-refractivity contribution in [2.45, 2.75) is 13.1 Å². The Bertz CT molecular complexity index is 198. The lowest BCUT2D eigenvalue weighted by Gasteiger charge is -2.03. The summed E-state index contributed by atoms with van der Waals surface area (Å²) in [6.07, 6.45) is -4.81. The van der Waals surface area contributed by atoms with Gasteiger partial charge in [0, 0.05) is 0 Å². The Morgan fingerprint density at radius 1 is 1.50 bits per heavy atom. The van der Waals surface area contributed by atoms with Crippen LogP contribution in [0.2, 0.25) is 0 Å². The van der Waals surface area contributed by atoms with Gasteiger partial charge in [-0.15, -0.1) is 0 Å². The lowest BCUT2D eigenvalue weighted by atomic mass is 10.3. The van der Waals surface area contributed by atoms with Gasteiger partial charge in [0.1, 0.15) is 0 Å². The zero-order valence-corrected chi connectivity index (χ0v) is 5.03. The van der Waals surface area contributed by atoms with Gasteiger partial charge in [-0.05, 0) is 6.92 Å². The predicted molar refractivity (Wildman–Crippen MR) is 27.0 cm³/mol. The molecule has 2 nitrogen and oxygen atoms in total. The van der Waals surface area contributed by atoms with Crippen LogP contribution in [-0.2, 0) is 0 Å². The highest BCUT2D eigenvalue weighted by atomic mass is 19.4. The first-order valence-electron chi connectivity index (χ1n) is 2.26. The third kappa shape index (κ3) is 1.97. The molecule has 0 radical (unpaired) electrons. The minimum Gasteiger partial charge on any atom is -0.504 e. The van der Waals surface area contributed by atoms with E-state index in [1.807, 2.05) is 0 Å². The number of hydrogen-bond acceptors (Lipinski definition) is 2. The molecule has 0 aromatic rings. The molecular weight excluding hydrogens is 147 g/mol. The van der Waals surface area contributed by atoms with E-state index in [4.69, 9.17) is 10.4 Å². The first-order chi connectivity index (χ1) is 4.39. The summed E-state index contributed by atoms with van der Waals surface area (Å²) in [6.45, 7) is 0.892. The highest BCUT2D eigenvalue weighted by Gasteiger charge is 2.35. The van der Waals surface area contributed by atoms with Gasteiger partial charge in [-0.3, -0.25) is 0 Å². The second kappa shape index (κ2) is 2.60. The molecule has 0 aromatic carbocycles. The maximum Gasteiger partial charge on any atom is 0.449 e. The summed E-state index contributed by atoms with van der Waals surface area (Å²) >= 11 is 0. The second-order valence-electron chi connectivity index (χ2n) is 1.58. The van der Waals surface area contributed by atoms with Gasteiger partial charge in [-0.2, -0.15) is 18.4 Å². The standard InChI is InChI=1S/C5H4F3NO/c1-3(2-9)4(10)5(6,7)8/h10H,1H3. The van der Waals surface area contributed by atoms with Crippen LogP contribution in [0.15, 0.2) is 11.3 Å². The van der Waals surface area contributed by atoms with Crippen molar-refractivity contribution in [2.75, 3.05) is 0 Å². The van der Waals surface area contributed by atoms with Crippen molar-refractivity contribution < 1.29 is 18.3 Å². The lowest BCUT2D eigenvalue weighted by molar-refractivity contribution is -0.121. The fourth-order valence-corrected chi connectivity index (χ4v) is 0.266. The lowest BCUT2D eigenvalue weighted by Crippen LogP contribution is -2.12. The van der Waals surface area contributed by atoms with Crippen LogP contribution in [0.25, 0.3) is 0 Å². The molecule has 0 aliphatic carbocycles. The molecule has 0 rings (SSSR count). The van der Waals surface area contributed by atoms with Crippen LogP contribution >= 0.6 is 0 Å². The molecule has 0 fully saturated rings. The zero-order valence-electron chi connectivity index (χ0n) is 5.03. The summed E-state index contributed by atoms with van der Waals surface area (Å²) in [5.41, 5.74) is -0.729. The zero-order chi connectivity index (χ0) is 8.36. The molecule has 1 N–H and O–H groups in total. The molecule has 0 spiro atoms. The van der Waals surface area contributed by atoms with Crippen LogP contribution in [0.5, 0.6) is 0 Å². The molecule has 0 amide bonds. The Hall–Kier alpha value is -1.18. The normalized spacial score (nSPS) is 13.9. The second-order valence-corrected chi connectivity index (χ2v) is 1.58. The predicted octanol–water partition coefficient (Wildman–Crippen LogP) is 1.90. The third-order valence-electron chi connectivity index (χ3n) is 0.791. The van der Waals surface area contributed by atoms with E-state index < -0.39 is 17.5 Å². The minimum atomic E-state index is -4.81. The number of nitriles is 1. The first kappa shape index (κ1) is 8.82. The van der Waals surface area contributed by atoms with E-state index in [0.29, 0.717) is 0 Å². The minimum absolute atomic E-state index is 0.729. The summed E-state index contributed by atoms with van der Waals surface area (Å²) < 4.78 is 34.3. The number of aliphatic hydroxyl groups is 1. The van der Waals surface area contributed by atoms with Gasteiger partial charge in [-0.25, -0.2) is 0 Å². The average molecular weight is 151 g/mol. The van der Waals surface area contributed by atoms with E-state index in [-0.39, 0.29) is 0 Å². The van der Waals surface area contributed by atoms with Crippen LogP contribution in [0.3, 0.4) is 0 Å². The van der Waals surface area contributed by atoms with Crippen LogP contribution in [0.1, 0.15) is 6.92 Å². The van der Waals surface area contributed by atoms with E-state index in [0.717, 1.165) is 6.92 Å². The third-order valence-corrected chi connectivity index (χ3v) is 0.791. The number of alkyl halides is 3. The maximum atomic E-state index is 11.4. The molecule has 10 heavy (non-hydrogen) atoms. The fraction of sp³-hybridized carbons (Fsp3) is 0.400. The van der Waals surface area contributed by atoms with E-state index in [9.17, 15) is 13.2 Å². The van der Waals surface area contributed by atoms with Crippen molar-refractivity contribution in [3.05, 3.63) is 11.3 Å². The summed E-state index contributed by atoms with van der Waals surface area (Å²) in [4.78, 5) is 0. The summed E-state index contributed by atoms with van der Waals surface area (Å²) in [7, 11) is 0. The van der Waals surface area contributed by atoms with Crippen LogP contribution < -0.4 is 0 Å². The largest absolute Gasteiger partial charge is 0.504 e. The van der Waals surface area contributed by atoms with Gasteiger partial charge in [0.2, 0.25) is 5.76 Å². The van der Waals surface area contributed by atoms with Crippen molar-refractivity contribution in [1.82, 2.24) is 0 Å². The molecule has 0 saturated heterocycles. The first-order valence-corrected chi connectivity index (χ1v) is 2.26. The molecule has 0 aliphatic heterocycles. The Kier molecular flexibility index (Phi) is 2.30. The SMILES string of the molecule is CC(C#N)=C(O)C(F)(F)F. The molecule has 0 saturated carbocycles. The van der Waals surface area contributed by atoms with Crippen molar-refractivity contribution in [2.24, 2.45) is 0 Å². The van der Waals surface area contributed by atoms with Crippen molar-refractivity contribution >= 4 is 0 Å². The van der Waals surface area contributed by atoms with Gasteiger partial charge < -0.3 is 5.11 Å². The van der Waals surface area contributed by atoms with Crippen molar-refractivity contribution in [1.29, 1.82) is 5.26 Å². The molecule has 0 bridgehead atoms.